The molecular weight excluding hydrogens is 294 g/mol. The predicted octanol–water partition coefficient (Wildman–Crippen LogP) is 0.862. The van der Waals surface area contributed by atoms with Crippen molar-refractivity contribution in [2.45, 2.75) is 45.6 Å². The number of piperazine rings is 1. The number of carbonyl (C=O) groups is 2. The summed E-state index contributed by atoms with van der Waals surface area (Å²) in [4.78, 5) is 28.0. The van der Waals surface area contributed by atoms with Crippen LogP contribution in [0.5, 0.6) is 0 Å². The van der Waals surface area contributed by atoms with E-state index >= 15 is 0 Å². The summed E-state index contributed by atoms with van der Waals surface area (Å²) in [6.45, 7) is 8.19. The van der Waals surface area contributed by atoms with Crippen LogP contribution >= 0.6 is 0 Å². The molecule has 1 N–H and O–H groups in total. The summed E-state index contributed by atoms with van der Waals surface area (Å²) in [5, 5.41) is 3.18. The molecule has 1 aliphatic heterocycles. The number of amides is 2. The van der Waals surface area contributed by atoms with Gasteiger partial charge < -0.3 is 15.0 Å². The molecular formula is C17H31N3O3. The van der Waals surface area contributed by atoms with Crippen LogP contribution < -0.4 is 5.32 Å². The maximum Gasteiger partial charge on any atom is 0.248 e. The molecule has 2 atom stereocenters. The second kappa shape index (κ2) is 9.23. The van der Waals surface area contributed by atoms with E-state index in [0.29, 0.717) is 38.2 Å². The third kappa shape index (κ3) is 6.11. The topological polar surface area (TPSA) is 61.9 Å². The fraction of sp³-hybridized carbons (Fsp3) is 0.882. The smallest absolute Gasteiger partial charge is 0.248 e. The van der Waals surface area contributed by atoms with Crippen LogP contribution in [0.3, 0.4) is 0 Å². The van der Waals surface area contributed by atoms with Gasteiger partial charge in [-0.1, -0.05) is 19.8 Å². The Kier molecular flexibility index (Phi) is 7.30. The van der Waals surface area contributed by atoms with E-state index in [9.17, 15) is 9.59 Å². The van der Waals surface area contributed by atoms with Crippen molar-refractivity contribution in [3.63, 3.8) is 0 Å². The van der Waals surface area contributed by atoms with Gasteiger partial charge in [0.15, 0.2) is 0 Å². The van der Waals surface area contributed by atoms with Crippen LogP contribution in [0.25, 0.3) is 0 Å². The van der Waals surface area contributed by atoms with Gasteiger partial charge in [0, 0.05) is 38.8 Å². The molecule has 0 aromatic carbocycles. The normalized spacial score (nSPS) is 26.1. The van der Waals surface area contributed by atoms with Gasteiger partial charge in [-0.15, -0.1) is 0 Å². The summed E-state index contributed by atoms with van der Waals surface area (Å²) in [5.41, 5.74) is 0. The lowest BCUT2D eigenvalue weighted by Crippen LogP contribution is -2.52. The summed E-state index contributed by atoms with van der Waals surface area (Å²) in [6, 6.07) is 0.348. The molecule has 0 radical (unpaired) electrons. The molecule has 2 fully saturated rings. The molecule has 0 bridgehead atoms. The molecule has 6 nitrogen and oxygen atoms in total. The first-order valence-electron chi connectivity index (χ1n) is 8.95. The van der Waals surface area contributed by atoms with Gasteiger partial charge in [-0.25, -0.2) is 0 Å². The fourth-order valence-corrected chi connectivity index (χ4v) is 3.48. The first-order valence-corrected chi connectivity index (χ1v) is 8.95. The van der Waals surface area contributed by atoms with Crippen LogP contribution in [0.2, 0.25) is 0 Å². The quantitative estimate of drug-likeness (QED) is 0.787. The van der Waals surface area contributed by atoms with Gasteiger partial charge in [0.2, 0.25) is 11.8 Å². The van der Waals surface area contributed by atoms with E-state index in [2.05, 4.69) is 17.1 Å². The SMILES string of the molecule is CCOCC(=O)N1CCN(CC(=O)N[C@@H]2CCC[C@H](C)C2)CC1. The predicted molar refractivity (Wildman–Crippen MR) is 89.1 cm³/mol. The Labute approximate surface area is 139 Å². The fourth-order valence-electron chi connectivity index (χ4n) is 3.48. The molecule has 2 aliphatic rings. The van der Waals surface area contributed by atoms with E-state index in [1.165, 1.54) is 12.8 Å². The zero-order valence-corrected chi connectivity index (χ0v) is 14.6. The Morgan fingerprint density at radius 3 is 2.57 bits per heavy atom. The van der Waals surface area contributed by atoms with E-state index in [-0.39, 0.29) is 18.4 Å². The number of hydrogen-bond donors (Lipinski definition) is 1. The van der Waals surface area contributed by atoms with Crippen LogP contribution in [0.4, 0.5) is 0 Å². The van der Waals surface area contributed by atoms with Crippen molar-refractivity contribution in [1.82, 2.24) is 15.1 Å². The van der Waals surface area contributed by atoms with Crippen molar-refractivity contribution in [1.29, 1.82) is 0 Å². The van der Waals surface area contributed by atoms with Gasteiger partial charge in [-0.05, 0) is 25.7 Å². The van der Waals surface area contributed by atoms with Gasteiger partial charge in [-0.2, -0.15) is 0 Å². The lowest BCUT2D eigenvalue weighted by atomic mass is 9.87. The highest BCUT2D eigenvalue weighted by molar-refractivity contribution is 5.79. The van der Waals surface area contributed by atoms with E-state index in [1.54, 1.807) is 0 Å². The van der Waals surface area contributed by atoms with Crippen molar-refractivity contribution < 1.29 is 14.3 Å². The highest BCUT2D eigenvalue weighted by Gasteiger charge is 2.24. The zero-order chi connectivity index (χ0) is 16.7. The minimum absolute atomic E-state index is 0.0483. The molecule has 1 heterocycles. The maximum absolute atomic E-state index is 12.2. The van der Waals surface area contributed by atoms with Crippen molar-refractivity contribution in [3.8, 4) is 0 Å². The second-order valence-corrected chi connectivity index (χ2v) is 6.83. The van der Waals surface area contributed by atoms with Crippen molar-refractivity contribution >= 4 is 11.8 Å². The van der Waals surface area contributed by atoms with Crippen LogP contribution in [-0.4, -0.2) is 73.6 Å². The number of hydrogen-bond acceptors (Lipinski definition) is 4. The largest absolute Gasteiger partial charge is 0.372 e. The summed E-state index contributed by atoms with van der Waals surface area (Å²) in [6.07, 6.45) is 4.71. The van der Waals surface area contributed by atoms with E-state index in [4.69, 9.17) is 4.74 Å². The Hall–Kier alpha value is -1.14. The molecule has 1 saturated carbocycles. The highest BCUT2D eigenvalue weighted by atomic mass is 16.5. The van der Waals surface area contributed by atoms with Gasteiger partial charge in [0.05, 0.1) is 6.54 Å². The van der Waals surface area contributed by atoms with E-state index in [1.807, 2.05) is 11.8 Å². The van der Waals surface area contributed by atoms with Crippen molar-refractivity contribution in [2.24, 2.45) is 5.92 Å². The molecule has 0 unspecified atom stereocenters. The lowest BCUT2D eigenvalue weighted by molar-refractivity contribution is -0.137. The standard InChI is InChI=1S/C17H31N3O3/c1-3-23-13-17(22)20-9-7-19(8-10-20)12-16(21)18-15-6-4-5-14(2)11-15/h14-15H,3-13H2,1-2H3,(H,18,21)/t14-,15+/m0/s1. The molecule has 1 aliphatic carbocycles. The summed E-state index contributed by atoms with van der Waals surface area (Å²) in [5.74, 6) is 0.888. The number of ether oxygens (including phenoxy) is 1. The number of nitrogens with one attached hydrogen (secondary N) is 1. The second-order valence-electron chi connectivity index (χ2n) is 6.83. The first-order chi connectivity index (χ1) is 11.1. The van der Waals surface area contributed by atoms with Crippen LogP contribution in [0.15, 0.2) is 0 Å². The summed E-state index contributed by atoms with van der Waals surface area (Å²) < 4.78 is 5.16. The van der Waals surface area contributed by atoms with E-state index < -0.39 is 0 Å². The van der Waals surface area contributed by atoms with Gasteiger partial charge in [0.25, 0.3) is 0 Å². The van der Waals surface area contributed by atoms with E-state index in [0.717, 1.165) is 25.9 Å². The highest BCUT2D eigenvalue weighted by Crippen LogP contribution is 2.23. The Bertz CT molecular complexity index is 395. The number of nitrogens with zero attached hydrogens (tertiary/aromatic N) is 2. The Morgan fingerprint density at radius 1 is 1.17 bits per heavy atom. The molecule has 0 aromatic rings. The Morgan fingerprint density at radius 2 is 1.91 bits per heavy atom. The van der Waals surface area contributed by atoms with Crippen molar-refractivity contribution in [3.05, 3.63) is 0 Å². The molecule has 2 rings (SSSR count). The molecule has 0 aromatic heterocycles. The minimum Gasteiger partial charge on any atom is -0.372 e. The number of carbonyl (C=O) groups excluding carboxylic acids is 2. The van der Waals surface area contributed by atoms with Gasteiger partial charge in [0.1, 0.15) is 6.61 Å². The Balaban J connectivity index is 1.65. The minimum atomic E-state index is 0.0483. The van der Waals surface area contributed by atoms with Crippen LogP contribution in [0.1, 0.15) is 39.5 Å². The summed E-state index contributed by atoms with van der Waals surface area (Å²) >= 11 is 0. The van der Waals surface area contributed by atoms with Crippen LogP contribution in [0, 0.1) is 5.92 Å². The number of rotatable bonds is 6. The molecule has 0 spiro atoms. The summed E-state index contributed by atoms with van der Waals surface area (Å²) in [7, 11) is 0. The monoisotopic (exact) mass is 325 g/mol. The third-order valence-corrected chi connectivity index (χ3v) is 4.82. The maximum atomic E-state index is 12.2. The third-order valence-electron chi connectivity index (χ3n) is 4.82. The first kappa shape index (κ1) is 18.2. The average molecular weight is 325 g/mol. The zero-order valence-electron chi connectivity index (χ0n) is 14.6. The molecule has 6 heteroatoms. The molecule has 1 saturated heterocycles. The van der Waals surface area contributed by atoms with Gasteiger partial charge >= 0.3 is 0 Å². The molecule has 23 heavy (non-hydrogen) atoms. The van der Waals surface area contributed by atoms with Crippen molar-refractivity contribution in [2.75, 3.05) is 45.9 Å². The lowest BCUT2D eigenvalue weighted by Gasteiger charge is -2.35. The van der Waals surface area contributed by atoms with Gasteiger partial charge in [-0.3, -0.25) is 14.5 Å². The molecule has 2 amide bonds. The molecule has 132 valence electrons. The average Bonchev–Trinajstić information content (AvgIpc) is 2.53. The van der Waals surface area contributed by atoms with Crippen LogP contribution in [-0.2, 0) is 14.3 Å².